The molecule has 714 valence electrons. The number of halogens is 11. The quantitative estimate of drug-likeness (QED) is 0.00862. The fourth-order valence-corrected chi connectivity index (χ4v) is 13.1. The molecule has 22 N–H and O–H groups in total. The Morgan fingerprint density at radius 2 is 0.701 bits per heavy atom. The van der Waals surface area contributed by atoms with E-state index in [1.165, 1.54) is 25.0 Å². The van der Waals surface area contributed by atoms with Crippen LogP contribution >= 0.6 is 79.6 Å². The SMILES string of the molecule is C#CC(O)(CCC)CCC.C1CCOC1.CCCC(O)(C#Cc1cccc([C@H](O)CN)c1)CCC.CCCC(O)(C#Cc1cccc([C@H](O)CN)c1)CCC.CCCC(O)(C#Cc1cccc([C@H](O)CNC(=O)C(F)(F)F)c1)CCC.CCO.CO.N.O.O=C(CBr)c1cccc(Br)c1.O=C(NC[C@@H](O)c1cccc(Br)c1)C(F)(F)F.O[C@H](CBr)c1cccc(Br)c1. The zero-order valence-corrected chi connectivity index (χ0v) is 82.4. The number of ketones is 1. The van der Waals surface area contributed by atoms with Crippen LogP contribution < -0.4 is 28.3 Å². The zero-order chi connectivity index (χ0) is 95.7. The van der Waals surface area contributed by atoms with Crippen LogP contribution in [0.2, 0.25) is 0 Å². The monoisotopic (exact) mass is 2110 g/mol. The number of nitrogens with one attached hydrogen (secondary N) is 2. The van der Waals surface area contributed by atoms with Crippen LogP contribution in [0, 0.1) is 47.9 Å². The molecule has 0 aromatic heterocycles. The van der Waals surface area contributed by atoms with Crippen molar-refractivity contribution < 1.29 is 107 Å². The Balaban J connectivity index is -0.000000454. The first-order valence-corrected chi connectivity index (χ1v) is 46.0. The van der Waals surface area contributed by atoms with Crippen LogP contribution in [0.5, 0.6) is 0 Å². The fourth-order valence-electron chi connectivity index (χ4n) is 11.2. The molecule has 1 aliphatic rings. The van der Waals surface area contributed by atoms with Crippen molar-refractivity contribution in [2.24, 2.45) is 11.5 Å². The number of aliphatic hydroxyl groups excluding tert-OH is 7. The number of benzene rings is 6. The van der Waals surface area contributed by atoms with Crippen molar-refractivity contribution in [3.63, 3.8) is 0 Å². The highest BCUT2D eigenvalue weighted by molar-refractivity contribution is 9.11. The van der Waals surface area contributed by atoms with E-state index in [1.54, 1.807) is 60.0 Å². The minimum atomic E-state index is -4.99. The largest absolute Gasteiger partial charge is 0.471 e. The number of Topliss-reactive ketones (excluding diaryl/α,β-unsaturated/α-hetero) is 1. The summed E-state index contributed by atoms with van der Waals surface area (Å²) in [5.41, 5.74) is 13.2. The molecule has 0 radical (unpaired) electrons. The van der Waals surface area contributed by atoms with Gasteiger partial charge in [-0.05, 0) is 172 Å². The number of hydrogen-bond donors (Lipinski definition) is 16. The van der Waals surface area contributed by atoms with Gasteiger partial charge in [-0.1, -0.05) is 301 Å². The molecule has 1 saturated heterocycles. The molecule has 6 aromatic rings. The molecule has 0 bridgehead atoms. The van der Waals surface area contributed by atoms with Gasteiger partial charge in [-0.15, -0.1) is 6.42 Å². The van der Waals surface area contributed by atoms with Crippen molar-refractivity contribution in [2.45, 2.75) is 243 Å². The third-order valence-electron chi connectivity index (χ3n) is 17.3. The van der Waals surface area contributed by atoms with E-state index in [-0.39, 0.29) is 37.1 Å². The number of ether oxygens (including phenoxy) is 1. The summed E-state index contributed by atoms with van der Waals surface area (Å²) in [6.45, 7) is 19.4. The number of terminal acetylenes is 1. The molecule has 0 aliphatic carbocycles. The second kappa shape index (κ2) is 74.1. The van der Waals surface area contributed by atoms with Crippen LogP contribution in [-0.2, 0) is 14.3 Å². The van der Waals surface area contributed by atoms with E-state index in [0.717, 1.165) is 127 Å². The molecule has 1 fully saturated rings. The first-order chi connectivity index (χ1) is 59.1. The average molecular weight is 2120 g/mol. The smallest absolute Gasteiger partial charge is 0.412 e. The molecule has 21 nitrogen and oxygen atoms in total. The number of carbonyl (C=O) groups is 3. The Morgan fingerprint density at radius 3 is 0.937 bits per heavy atom. The molecule has 0 unspecified atom stereocenters. The lowest BCUT2D eigenvalue weighted by atomic mass is 9.93. The third kappa shape index (κ3) is 60.2. The van der Waals surface area contributed by atoms with Gasteiger partial charge < -0.3 is 94.6 Å². The Kier molecular flexibility index (Phi) is 75.3. The highest BCUT2D eigenvalue weighted by atomic mass is 79.9. The van der Waals surface area contributed by atoms with E-state index in [9.17, 15) is 86.7 Å². The summed E-state index contributed by atoms with van der Waals surface area (Å²) in [5.74, 6) is 16.1. The first-order valence-electron chi connectivity index (χ1n) is 41.4. The molecule has 5 atom stereocenters. The molecule has 127 heavy (non-hydrogen) atoms. The highest BCUT2D eigenvalue weighted by Gasteiger charge is 2.40. The minimum Gasteiger partial charge on any atom is -0.412 e. The first kappa shape index (κ1) is 129. The van der Waals surface area contributed by atoms with E-state index in [1.807, 2.05) is 146 Å². The van der Waals surface area contributed by atoms with E-state index in [4.69, 9.17) is 32.8 Å². The van der Waals surface area contributed by atoms with Crippen molar-refractivity contribution >= 4 is 97.2 Å². The van der Waals surface area contributed by atoms with Crippen LogP contribution in [0.3, 0.4) is 0 Å². The maximum Gasteiger partial charge on any atom is 0.471 e. The molecule has 1 heterocycles. The molecule has 0 spiro atoms. The predicted octanol–water partition coefficient (Wildman–Crippen LogP) is 17.6. The van der Waals surface area contributed by atoms with Crippen LogP contribution in [0.15, 0.2) is 159 Å². The van der Waals surface area contributed by atoms with Gasteiger partial charge in [-0.3, -0.25) is 14.4 Å². The third-order valence-corrected chi connectivity index (χ3v) is 19.9. The number of alkyl halides is 8. The van der Waals surface area contributed by atoms with Gasteiger partial charge in [-0.2, -0.15) is 26.3 Å². The van der Waals surface area contributed by atoms with Crippen molar-refractivity contribution in [3.05, 3.63) is 209 Å². The van der Waals surface area contributed by atoms with Gasteiger partial charge in [0, 0.05) is 94.1 Å². The van der Waals surface area contributed by atoms with Gasteiger partial charge in [0.15, 0.2) is 5.78 Å². The van der Waals surface area contributed by atoms with Crippen molar-refractivity contribution in [1.82, 2.24) is 16.8 Å². The van der Waals surface area contributed by atoms with Gasteiger partial charge in [0.2, 0.25) is 0 Å². The average Bonchev–Trinajstić information content (AvgIpc) is 1.09. The lowest BCUT2D eigenvalue weighted by Gasteiger charge is -2.20. The molecule has 2 amide bonds. The zero-order valence-electron chi connectivity index (χ0n) is 74.5. The lowest BCUT2D eigenvalue weighted by molar-refractivity contribution is -0.174. The fraction of sp³-hybridized carbons (Fsp3) is 0.505. The maximum atomic E-state index is 12.2. The van der Waals surface area contributed by atoms with Crippen LogP contribution in [0.4, 0.5) is 26.3 Å². The summed E-state index contributed by atoms with van der Waals surface area (Å²) in [5, 5.41) is 108. The van der Waals surface area contributed by atoms with E-state index < -0.39 is 90.2 Å². The van der Waals surface area contributed by atoms with Crippen molar-refractivity contribution in [3.8, 4) is 47.9 Å². The summed E-state index contributed by atoms with van der Waals surface area (Å²) in [6, 6.07) is 42.5. The highest BCUT2D eigenvalue weighted by Crippen LogP contribution is 2.27. The second-order valence-corrected chi connectivity index (χ2v) is 32.3. The van der Waals surface area contributed by atoms with Crippen molar-refractivity contribution in [2.75, 3.05) is 63.8 Å². The molecule has 7 rings (SSSR count). The summed E-state index contributed by atoms with van der Waals surface area (Å²) in [4.78, 5) is 32.4. The van der Waals surface area contributed by atoms with Gasteiger partial charge >= 0.3 is 24.2 Å². The van der Waals surface area contributed by atoms with Gasteiger partial charge in [0.05, 0.1) is 35.8 Å². The van der Waals surface area contributed by atoms with Crippen LogP contribution in [0.1, 0.15) is 263 Å². The second-order valence-electron chi connectivity index (χ2n) is 28.3. The van der Waals surface area contributed by atoms with Gasteiger partial charge in [-0.25, -0.2) is 0 Å². The molecule has 6 aromatic carbocycles. The predicted molar refractivity (Wildman–Crippen MR) is 513 cm³/mol. The summed E-state index contributed by atoms with van der Waals surface area (Å²) in [7, 11) is 1.00. The van der Waals surface area contributed by atoms with Gasteiger partial charge in [0.25, 0.3) is 0 Å². The number of aliphatic hydroxyl groups is 11. The maximum absolute atomic E-state index is 12.2. The van der Waals surface area contributed by atoms with Gasteiger partial charge in [0.1, 0.15) is 22.4 Å². The summed E-state index contributed by atoms with van der Waals surface area (Å²) < 4.78 is 79.7. The van der Waals surface area contributed by atoms with E-state index in [0.29, 0.717) is 70.3 Å². The molecule has 1 aliphatic heterocycles. The number of carbonyl (C=O) groups excluding carboxylic acids is 3. The molecular weight excluding hydrogens is 1980 g/mol. The Bertz CT molecular complexity index is 4070. The van der Waals surface area contributed by atoms with E-state index in [2.05, 4.69) is 121 Å². The Hall–Kier alpha value is -6.49. The standard InChI is InChI=1S/C19H24F3NO3.2C17H25NO2.C10H9BrF3NO2.C9H16O.C8H8Br2O.C8H6Br2O.C4H8O.C2H6O.CH4O.H3N.H2O/c1-3-9-18(26,10-4-2)11-8-14-6-5-7-15(12-14)16(24)13-23-17(25)19(20,21)22;2*1-3-9-17(20,10-4-2)11-8-14-6-5-7-15(12-14)16(19)13-18;11-7-3-1-2-6(4-7)8(16)5-15-9(17)10(12,13)14;1-4-7-9(10,6-3)8-5-2;2*9-5-8(11)6-2-1-3-7(10)4-6;1-2-4-5-3-1;1-2-3;1-2;;/h5-7,12,16,24,26H,3-4,9-10,13H2,1-2H3,(H,23,25);2*5-7,12,16,19-20H,3-4,9-10,13,18H2,1-2H3;1-4,8,16H,5H2,(H,15,17);3,10H,4-5,7-8H2,1-2H3;1-4,8,11H,5H2;1-4H,5H2;1-4H2;3H,2H2,1H3;2H,1H3;1H3;1H2/t3*16-;8-;;8-;;;;;;/m1111.1....../s1. The number of hydrogen-bond acceptors (Lipinski definition) is 18. The van der Waals surface area contributed by atoms with E-state index >= 15 is 0 Å². The number of amides is 2. The summed E-state index contributed by atoms with van der Waals surface area (Å²) in [6.07, 6.45) is 5.88. The normalized spacial score (nSPS) is 12.4. The Morgan fingerprint density at radius 1 is 0.441 bits per heavy atom. The summed E-state index contributed by atoms with van der Waals surface area (Å²) >= 11 is 16.1. The van der Waals surface area contributed by atoms with Crippen LogP contribution in [0.25, 0.3) is 0 Å². The lowest BCUT2D eigenvalue weighted by Crippen LogP contribution is -2.38. The van der Waals surface area contributed by atoms with Crippen LogP contribution in [-0.4, -0.2) is 178 Å². The molecule has 32 heteroatoms. The number of nitrogens with two attached hydrogens (primary N) is 2. The molecular formula is C95H136Br5F6N5O16. The minimum absolute atomic E-state index is 0. The Labute approximate surface area is 790 Å². The number of rotatable bonds is 30. The molecule has 0 saturated carbocycles. The topological polar surface area (TPSA) is 426 Å². The van der Waals surface area contributed by atoms with Crippen molar-refractivity contribution in [1.29, 1.82) is 0 Å².